The average molecular weight is 348 g/mol. The largest absolute Gasteiger partial charge is 0.419 e. The summed E-state index contributed by atoms with van der Waals surface area (Å²) in [6.07, 6.45) is -0.976. The Balaban J connectivity index is 2.25. The molecule has 1 nitrogen and oxygen atoms in total. The lowest BCUT2D eigenvalue weighted by atomic mass is 10.0. The van der Waals surface area contributed by atoms with Gasteiger partial charge in [-0.2, -0.15) is 13.2 Å². The maximum absolute atomic E-state index is 13.2. The predicted molar refractivity (Wildman–Crippen MR) is 71.0 cm³/mol. The molecule has 0 radical (unpaired) electrons. The van der Waals surface area contributed by atoms with E-state index in [1.54, 1.807) is 24.5 Å². The molecule has 0 bridgehead atoms. The summed E-state index contributed by atoms with van der Waals surface area (Å²) >= 11 is 3.34. The zero-order chi connectivity index (χ0) is 14.8. The summed E-state index contributed by atoms with van der Waals surface area (Å²) in [5.74, 6) is -1.26. The molecule has 106 valence electrons. The van der Waals surface area contributed by atoms with Gasteiger partial charge in [0.25, 0.3) is 0 Å². The summed E-state index contributed by atoms with van der Waals surface area (Å²) in [7, 11) is 0. The van der Waals surface area contributed by atoms with E-state index in [9.17, 15) is 17.6 Å². The van der Waals surface area contributed by atoms with Crippen LogP contribution < -0.4 is 0 Å². The zero-order valence-corrected chi connectivity index (χ0v) is 11.7. The Hall–Kier alpha value is -1.43. The third kappa shape index (κ3) is 3.56. The van der Waals surface area contributed by atoms with Crippen LogP contribution in [0.2, 0.25) is 0 Å². The van der Waals surface area contributed by atoms with E-state index in [0.29, 0.717) is 12.0 Å². The van der Waals surface area contributed by atoms with Crippen LogP contribution in [-0.2, 0) is 12.6 Å². The molecule has 0 spiro atoms. The fraction of sp³-hybridized carbons (Fsp3) is 0.214. The second kappa shape index (κ2) is 5.91. The van der Waals surface area contributed by atoms with Gasteiger partial charge in [0.15, 0.2) is 0 Å². The van der Waals surface area contributed by atoms with Crippen molar-refractivity contribution in [3.63, 3.8) is 0 Å². The molecular formula is C14H10BrF4N. The summed E-state index contributed by atoms with van der Waals surface area (Å²) in [6.45, 7) is 0. The van der Waals surface area contributed by atoms with Crippen molar-refractivity contribution in [1.82, 2.24) is 4.98 Å². The number of hydrogen-bond acceptors (Lipinski definition) is 1. The lowest BCUT2D eigenvalue weighted by Crippen LogP contribution is -2.09. The Morgan fingerprint density at radius 1 is 1.10 bits per heavy atom. The first-order valence-electron chi connectivity index (χ1n) is 5.77. The van der Waals surface area contributed by atoms with E-state index >= 15 is 0 Å². The summed E-state index contributed by atoms with van der Waals surface area (Å²) in [5, 5.41) is 0. The molecule has 2 rings (SSSR count). The standard InChI is InChI=1S/C14H10BrF4N/c15-12(7-9-3-5-20-6-4-9)10-1-2-13(16)11(8-10)14(17,18)19/h1-6,8,12H,7H2. The Morgan fingerprint density at radius 3 is 2.35 bits per heavy atom. The van der Waals surface area contributed by atoms with Crippen molar-refractivity contribution in [3.05, 3.63) is 65.2 Å². The van der Waals surface area contributed by atoms with Crippen molar-refractivity contribution >= 4 is 15.9 Å². The number of rotatable bonds is 3. The van der Waals surface area contributed by atoms with Crippen LogP contribution in [0.25, 0.3) is 0 Å². The molecule has 1 atom stereocenters. The second-order valence-electron chi connectivity index (χ2n) is 4.26. The molecule has 0 saturated carbocycles. The van der Waals surface area contributed by atoms with Gasteiger partial charge < -0.3 is 0 Å². The first kappa shape index (κ1) is 15.0. The molecule has 1 heterocycles. The lowest BCUT2D eigenvalue weighted by Gasteiger charge is -2.14. The van der Waals surface area contributed by atoms with Crippen molar-refractivity contribution in [1.29, 1.82) is 0 Å². The van der Waals surface area contributed by atoms with Gasteiger partial charge in [0.2, 0.25) is 0 Å². The van der Waals surface area contributed by atoms with Crippen LogP contribution in [0.3, 0.4) is 0 Å². The summed E-state index contributed by atoms with van der Waals surface area (Å²) < 4.78 is 51.2. The van der Waals surface area contributed by atoms with Crippen LogP contribution >= 0.6 is 15.9 Å². The highest BCUT2D eigenvalue weighted by Gasteiger charge is 2.34. The lowest BCUT2D eigenvalue weighted by molar-refractivity contribution is -0.140. The quantitative estimate of drug-likeness (QED) is 0.567. The number of benzene rings is 1. The maximum Gasteiger partial charge on any atom is 0.419 e. The molecule has 0 aliphatic heterocycles. The van der Waals surface area contributed by atoms with E-state index in [-0.39, 0.29) is 4.83 Å². The Bertz CT molecular complexity index is 583. The number of alkyl halides is 4. The van der Waals surface area contributed by atoms with Gasteiger partial charge in [-0.25, -0.2) is 4.39 Å². The van der Waals surface area contributed by atoms with Crippen LogP contribution in [0.4, 0.5) is 17.6 Å². The van der Waals surface area contributed by atoms with Gasteiger partial charge in [0.1, 0.15) is 5.82 Å². The molecular weight excluding hydrogens is 338 g/mol. The number of nitrogens with zero attached hydrogens (tertiary/aromatic N) is 1. The molecule has 0 amide bonds. The second-order valence-corrected chi connectivity index (χ2v) is 5.37. The van der Waals surface area contributed by atoms with E-state index in [2.05, 4.69) is 20.9 Å². The Morgan fingerprint density at radius 2 is 1.75 bits per heavy atom. The van der Waals surface area contributed by atoms with E-state index in [0.717, 1.165) is 17.7 Å². The van der Waals surface area contributed by atoms with Gasteiger partial charge in [-0.05, 0) is 41.8 Å². The predicted octanol–water partition coefficient (Wildman–Crippen LogP) is 4.92. The van der Waals surface area contributed by atoms with Crippen molar-refractivity contribution < 1.29 is 17.6 Å². The highest BCUT2D eigenvalue weighted by atomic mass is 79.9. The summed E-state index contributed by atoms with van der Waals surface area (Å²) in [6, 6.07) is 6.60. The minimum Gasteiger partial charge on any atom is -0.265 e. The summed E-state index contributed by atoms with van der Waals surface area (Å²) in [4.78, 5) is 3.54. The van der Waals surface area contributed by atoms with Gasteiger partial charge in [0.05, 0.1) is 5.56 Å². The van der Waals surface area contributed by atoms with E-state index in [1.165, 1.54) is 6.07 Å². The first-order chi connectivity index (χ1) is 9.38. The number of pyridine rings is 1. The van der Waals surface area contributed by atoms with Crippen molar-refractivity contribution in [3.8, 4) is 0 Å². The van der Waals surface area contributed by atoms with Crippen LogP contribution in [0, 0.1) is 5.82 Å². The molecule has 6 heteroatoms. The van der Waals surface area contributed by atoms with Crippen LogP contribution in [0.15, 0.2) is 42.7 Å². The van der Waals surface area contributed by atoms with E-state index in [1.807, 2.05) is 0 Å². The minimum atomic E-state index is -4.69. The molecule has 1 unspecified atom stereocenters. The molecule has 1 aromatic heterocycles. The minimum absolute atomic E-state index is 0.327. The molecule has 2 aromatic rings. The maximum atomic E-state index is 13.2. The molecule has 0 N–H and O–H groups in total. The molecule has 20 heavy (non-hydrogen) atoms. The highest BCUT2D eigenvalue weighted by Crippen LogP contribution is 2.35. The van der Waals surface area contributed by atoms with Crippen LogP contribution in [0.5, 0.6) is 0 Å². The molecule has 0 saturated heterocycles. The summed E-state index contributed by atoms with van der Waals surface area (Å²) in [5.41, 5.74) is 0.0736. The average Bonchev–Trinajstić information content (AvgIpc) is 2.39. The van der Waals surface area contributed by atoms with Gasteiger partial charge in [-0.1, -0.05) is 22.0 Å². The highest BCUT2D eigenvalue weighted by molar-refractivity contribution is 9.09. The fourth-order valence-electron chi connectivity index (χ4n) is 1.80. The van der Waals surface area contributed by atoms with E-state index in [4.69, 9.17) is 0 Å². The van der Waals surface area contributed by atoms with Crippen molar-refractivity contribution in [2.75, 3.05) is 0 Å². The van der Waals surface area contributed by atoms with Crippen molar-refractivity contribution in [2.45, 2.75) is 17.4 Å². The van der Waals surface area contributed by atoms with Gasteiger partial charge in [0, 0.05) is 17.2 Å². The normalized spacial score (nSPS) is 13.2. The monoisotopic (exact) mass is 347 g/mol. The van der Waals surface area contributed by atoms with Crippen LogP contribution in [0.1, 0.15) is 21.5 Å². The molecule has 0 fully saturated rings. The van der Waals surface area contributed by atoms with Gasteiger partial charge in [-0.15, -0.1) is 0 Å². The molecule has 0 aliphatic rings. The Labute approximate surface area is 121 Å². The molecule has 1 aromatic carbocycles. The number of halogens is 5. The number of hydrogen-bond donors (Lipinski definition) is 0. The fourth-order valence-corrected chi connectivity index (χ4v) is 2.46. The van der Waals surface area contributed by atoms with Gasteiger partial charge >= 0.3 is 6.18 Å². The molecule has 0 aliphatic carbocycles. The van der Waals surface area contributed by atoms with E-state index < -0.39 is 17.6 Å². The number of aromatic nitrogens is 1. The SMILES string of the molecule is Fc1ccc(C(Br)Cc2ccncc2)cc1C(F)(F)F. The third-order valence-electron chi connectivity index (χ3n) is 2.82. The third-order valence-corrected chi connectivity index (χ3v) is 3.67. The van der Waals surface area contributed by atoms with Crippen molar-refractivity contribution in [2.24, 2.45) is 0 Å². The first-order valence-corrected chi connectivity index (χ1v) is 6.69. The van der Waals surface area contributed by atoms with Gasteiger partial charge in [-0.3, -0.25) is 4.98 Å². The Kier molecular flexibility index (Phi) is 4.42. The van der Waals surface area contributed by atoms with Crippen LogP contribution in [-0.4, -0.2) is 4.98 Å². The smallest absolute Gasteiger partial charge is 0.265 e. The topological polar surface area (TPSA) is 12.9 Å². The zero-order valence-electron chi connectivity index (χ0n) is 10.2.